The Labute approximate surface area is 440 Å². The van der Waals surface area contributed by atoms with Crippen LogP contribution in [0.15, 0.2) is 72.9 Å². The molecule has 0 rings (SSSR count). The number of esters is 3. The second-order valence-electron chi connectivity index (χ2n) is 20.3. The van der Waals surface area contributed by atoms with Gasteiger partial charge in [-0.2, -0.15) is 0 Å². The Morgan fingerprint density at radius 1 is 0.282 bits per heavy atom. The highest BCUT2D eigenvalue weighted by molar-refractivity contribution is 5.71. The van der Waals surface area contributed by atoms with Gasteiger partial charge in [-0.15, -0.1) is 0 Å². The Kier molecular flexibility index (Phi) is 56.8. The van der Waals surface area contributed by atoms with Gasteiger partial charge in [-0.25, -0.2) is 0 Å². The van der Waals surface area contributed by atoms with Gasteiger partial charge in [0.15, 0.2) is 6.10 Å². The van der Waals surface area contributed by atoms with Crippen molar-refractivity contribution in [3.8, 4) is 0 Å². The summed E-state index contributed by atoms with van der Waals surface area (Å²) >= 11 is 0. The molecule has 0 heterocycles. The molecule has 0 aliphatic carbocycles. The molecule has 0 saturated heterocycles. The van der Waals surface area contributed by atoms with Crippen LogP contribution in [0.2, 0.25) is 0 Å². The maximum atomic E-state index is 12.9. The molecule has 71 heavy (non-hydrogen) atoms. The van der Waals surface area contributed by atoms with Crippen molar-refractivity contribution in [1.82, 2.24) is 0 Å². The fourth-order valence-corrected chi connectivity index (χ4v) is 8.58. The first-order valence-electron chi connectivity index (χ1n) is 30.4. The Balaban J connectivity index is 4.44. The third kappa shape index (κ3) is 57.6. The molecule has 0 unspecified atom stereocenters. The molecule has 0 saturated carbocycles. The SMILES string of the molecule is CCCCC/C=C\C/C=C\C/C=C\C/C=C\CCCC(=O)OC[C@H](COC(=O)CCCCCCCCCCCCCCCCCCC)OC(=O)CCCCCCCCCCC/C=C\C/C=C\CCCCC. The lowest BCUT2D eigenvalue weighted by atomic mass is 10.0. The molecule has 0 aliphatic heterocycles. The summed E-state index contributed by atoms with van der Waals surface area (Å²) in [4.78, 5) is 38.2. The van der Waals surface area contributed by atoms with Crippen LogP contribution in [0.4, 0.5) is 0 Å². The Hall–Kier alpha value is -3.15. The molecule has 0 aromatic carbocycles. The summed E-state index contributed by atoms with van der Waals surface area (Å²) in [6.45, 7) is 6.57. The van der Waals surface area contributed by atoms with E-state index in [1.165, 1.54) is 186 Å². The van der Waals surface area contributed by atoms with Gasteiger partial charge in [0.1, 0.15) is 13.2 Å². The molecular formula is C65H114O6. The number of carbonyl (C=O) groups is 3. The van der Waals surface area contributed by atoms with Gasteiger partial charge in [0, 0.05) is 19.3 Å². The maximum absolute atomic E-state index is 12.9. The van der Waals surface area contributed by atoms with Gasteiger partial charge >= 0.3 is 17.9 Å². The number of hydrogen-bond acceptors (Lipinski definition) is 6. The highest BCUT2D eigenvalue weighted by Gasteiger charge is 2.19. The summed E-state index contributed by atoms with van der Waals surface area (Å²) in [5.41, 5.74) is 0. The zero-order chi connectivity index (χ0) is 51.4. The van der Waals surface area contributed by atoms with E-state index in [2.05, 4.69) is 93.7 Å². The van der Waals surface area contributed by atoms with E-state index < -0.39 is 6.10 Å². The molecular weight excluding hydrogens is 877 g/mol. The number of ether oxygens (including phenoxy) is 3. The second kappa shape index (κ2) is 59.4. The fourth-order valence-electron chi connectivity index (χ4n) is 8.58. The van der Waals surface area contributed by atoms with Gasteiger partial charge in [-0.05, 0) is 89.9 Å². The van der Waals surface area contributed by atoms with E-state index in [0.717, 1.165) is 70.6 Å². The van der Waals surface area contributed by atoms with E-state index in [1.54, 1.807) is 0 Å². The van der Waals surface area contributed by atoms with E-state index in [9.17, 15) is 14.4 Å². The average molecular weight is 992 g/mol. The second-order valence-corrected chi connectivity index (χ2v) is 20.3. The van der Waals surface area contributed by atoms with Gasteiger partial charge in [0.05, 0.1) is 0 Å². The fraction of sp³-hybridized carbons (Fsp3) is 0.769. The summed E-state index contributed by atoms with van der Waals surface area (Å²) < 4.78 is 16.9. The lowest BCUT2D eigenvalue weighted by Crippen LogP contribution is -2.30. The van der Waals surface area contributed by atoms with Crippen molar-refractivity contribution in [2.24, 2.45) is 0 Å². The van der Waals surface area contributed by atoms with Crippen LogP contribution in [-0.2, 0) is 28.6 Å². The molecule has 6 nitrogen and oxygen atoms in total. The van der Waals surface area contributed by atoms with Crippen LogP contribution >= 0.6 is 0 Å². The first-order chi connectivity index (χ1) is 35.0. The van der Waals surface area contributed by atoms with Crippen molar-refractivity contribution in [2.45, 2.75) is 309 Å². The molecule has 0 aliphatic rings. The van der Waals surface area contributed by atoms with Crippen molar-refractivity contribution in [3.63, 3.8) is 0 Å². The standard InChI is InChI=1S/C65H114O6/c1-4-7-10-13-16-19-22-25-28-31-32-35-38-41-44-47-50-53-56-59-65(68)71-62(60-69-63(66)57-54-51-48-45-42-39-36-33-29-26-23-20-17-14-11-8-5-2)61-70-64(67)58-55-52-49-46-43-40-37-34-30-27-24-21-18-15-12-9-6-3/h16-17,19-20,25-26,28-29,36,39,45,48,62H,4-15,18,21-24,27,30-35,37-38,40-44,46-47,49-61H2,1-3H3/b19-16-,20-17-,28-25-,29-26-,39-36-,48-45-/t62-/m1/s1. The average Bonchev–Trinajstić information content (AvgIpc) is 3.37. The maximum Gasteiger partial charge on any atom is 0.306 e. The van der Waals surface area contributed by atoms with Crippen LogP contribution in [0, 0.1) is 0 Å². The van der Waals surface area contributed by atoms with E-state index in [0.29, 0.717) is 19.3 Å². The lowest BCUT2D eigenvalue weighted by Gasteiger charge is -2.18. The van der Waals surface area contributed by atoms with Gasteiger partial charge in [-0.1, -0.05) is 267 Å². The lowest BCUT2D eigenvalue weighted by molar-refractivity contribution is -0.167. The van der Waals surface area contributed by atoms with Crippen LogP contribution < -0.4 is 0 Å². The van der Waals surface area contributed by atoms with Crippen molar-refractivity contribution >= 4 is 17.9 Å². The van der Waals surface area contributed by atoms with Crippen molar-refractivity contribution in [1.29, 1.82) is 0 Å². The van der Waals surface area contributed by atoms with Crippen LogP contribution in [0.1, 0.15) is 303 Å². The third-order valence-electron chi connectivity index (χ3n) is 13.2. The van der Waals surface area contributed by atoms with Crippen LogP contribution in [0.25, 0.3) is 0 Å². The topological polar surface area (TPSA) is 78.9 Å². The number of allylic oxidation sites excluding steroid dienone is 12. The quantitative estimate of drug-likeness (QED) is 0.0261. The minimum absolute atomic E-state index is 0.0914. The molecule has 6 heteroatoms. The number of rotatable bonds is 55. The number of carbonyl (C=O) groups excluding carboxylic acids is 3. The van der Waals surface area contributed by atoms with Gasteiger partial charge in [0.25, 0.3) is 0 Å². The normalized spacial score (nSPS) is 12.5. The van der Waals surface area contributed by atoms with E-state index in [-0.39, 0.29) is 37.5 Å². The van der Waals surface area contributed by atoms with Crippen molar-refractivity contribution < 1.29 is 28.6 Å². The molecule has 0 fully saturated rings. The highest BCUT2D eigenvalue weighted by atomic mass is 16.6. The van der Waals surface area contributed by atoms with E-state index >= 15 is 0 Å². The molecule has 1 atom stereocenters. The van der Waals surface area contributed by atoms with Crippen molar-refractivity contribution in [3.05, 3.63) is 72.9 Å². The molecule has 0 aromatic heterocycles. The monoisotopic (exact) mass is 991 g/mol. The van der Waals surface area contributed by atoms with Gasteiger partial charge < -0.3 is 14.2 Å². The highest BCUT2D eigenvalue weighted by Crippen LogP contribution is 2.16. The Bertz CT molecular complexity index is 1320. The number of hydrogen-bond donors (Lipinski definition) is 0. The molecule has 0 aromatic rings. The first-order valence-corrected chi connectivity index (χ1v) is 30.4. The zero-order valence-corrected chi connectivity index (χ0v) is 47.0. The summed E-state index contributed by atoms with van der Waals surface area (Å²) in [6.07, 6.45) is 76.1. The molecule has 410 valence electrons. The van der Waals surface area contributed by atoms with E-state index in [1.807, 2.05) is 0 Å². The summed E-state index contributed by atoms with van der Waals surface area (Å²) in [7, 11) is 0. The molecule has 0 spiro atoms. The number of unbranched alkanes of at least 4 members (excludes halogenated alkanes) is 32. The molecule has 0 N–H and O–H groups in total. The van der Waals surface area contributed by atoms with Crippen LogP contribution in [-0.4, -0.2) is 37.2 Å². The first kappa shape index (κ1) is 67.8. The predicted molar refractivity (Wildman–Crippen MR) is 307 cm³/mol. The van der Waals surface area contributed by atoms with Crippen LogP contribution in [0.5, 0.6) is 0 Å². The Morgan fingerprint density at radius 2 is 0.521 bits per heavy atom. The largest absolute Gasteiger partial charge is 0.462 e. The minimum Gasteiger partial charge on any atom is -0.462 e. The van der Waals surface area contributed by atoms with Gasteiger partial charge in [-0.3, -0.25) is 14.4 Å². The molecule has 0 radical (unpaired) electrons. The third-order valence-corrected chi connectivity index (χ3v) is 13.2. The summed E-state index contributed by atoms with van der Waals surface area (Å²) in [5, 5.41) is 0. The molecule has 0 bridgehead atoms. The van der Waals surface area contributed by atoms with E-state index in [4.69, 9.17) is 14.2 Å². The Morgan fingerprint density at radius 3 is 0.873 bits per heavy atom. The van der Waals surface area contributed by atoms with Crippen molar-refractivity contribution in [2.75, 3.05) is 13.2 Å². The zero-order valence-electron chi connectivity index (χ0n) is 47.0. The summed E-state index contributed by atoms with van der Waals surface area (Å²) in [6, 6.07) is 0. The predicted octanol–water partition coefficient (Wildman–Crippen LogP) is 20.5. The summed E-state index contributed by atoms with van der Waals surface area (Å²) in [5.74, 6) is -0.941. The smallest absolute Gasteiger partial charge is 0.306 e. The van der Waals surface area contributed by atoms with Gasteiger partial charge in [0.2, 0.25) is 0 Å². The van der Waals surface area contributed by atoms with Crippen LogP contribution in [0.3, 0.4) is 0 Å². The molecule has 0 amide bonds. The minimum atomic E-state index is -0.799.